The molecule has 0 atom stereocenters. The van der Waals surface area contributed by atoms with Crippen molar-refractivity contribution in [2.45, 2.75) is 0 Å². The van der Waals surface area contributed by atoms with Crippen LogP contribution in [0.4, 0.5) is 10.3 Å². The maximum Gasteiger partial charge on any atom is 0.355 e. The number of aromatic nitrogens is 2. The second-order valence-corrected chi connectivity index (χ2v) is 3.30. The summed E-state index contributed by atoms with van der Waals surface area (Å²) in [6.07, 6.45) is 1.30. The Labute approximate surface area is 95.8 Å². The SMILES string of the molecule is Nc1ncc(-c2ccc(F)cc2)c(C(=O)O)n1. The van der Waals surface area contributed by atoms with Crippen LogP contribution < -0.4 is 5.73 Å². The molecule has 0 saturated heterocycles. The minimum atomic E-state index is -1.21. The first-order valence-corrected chi connectivity index (χ1v) is 4.69. The number of nitrogens with zero attached hydrogens (tertiary/aromatic N) is 2. The Kier molecular flexibility index (Phi) is 2.70. The fraction of sp³-hybridized carbons (Fsp3) is 0. The number of anilines is 1. The summed E-state index contributed by atoms with van der Waals surface area (Å²) in [5.74, 6) is -1.73. The van der Waals surface area contributed by atoms with Crippen molar-refractivity contribution in [3.05, 3.63) is 42.0 Å². The highest BCUT2D eigenvalue weighted by atomic mass is 19.1. The van der Waals surface area contributed by atoms with E-state index in [2.05, 4.69) is 9.97 Å². The fourth-order valence-corrected chi connectivity index (χ4v) is 1.40. The molecule has 1 aromatic heterocycles. The van der Waals surface area contributed by atoms with Crippen LogP contribution in [0.2, 0.25) is 0 Å². The minimum absolute atomic E-state index is 0.117. The van der Waals surface area contributed by atoms with E-state index in [1.165, 1.54) is 30.5 Å². The van der Waals surface area contributed by atoms with Gasteiger partial charge < -0.3 is 10.8 Å². The third kappa shape index (κ3) is 2.20. The van der Waals surface area contributed by atoms with Gasteiger partial charge in [-0.1, -0.05) is 12.1 Å². The molecular weight excluding hydrogens is 225 g/mol. The molecule has 0 fully saturated rings. The van der Waals surface area contributed by atoms with Crippen LogP contribution in [0.15, 0.2) is 30.5 Å². The first-order valence-electron chi connectivity index (χ1n) is 4.69. The number of hydrogen-bond donors (Lipinski definition) is 2. The quantitative estimate of drug-likeness (QED) is 0.821. The molecule has 2 aromatic rings. The van der Waals surface area contributed by atoms with Crippen molar-refractivity contribution >= 4 is 11.9 Å². The Hall–Kier alpha value is -2.50. The van der Waals surface area contributed by atoms with Gasteiger partial charge in [-0.2, -0.15) is 0 Å². The van der Waals surface area contributed by atoms with Gasteiger partial charge in [0, 0.05) is 11.8 Å². The lowest BCUT2D eigenvalue weighted by Gasteiger charge is -2.05. The number of benzene rings is 1. The van der Waals surface area contributed by atoms with Crippen LogP contribution >= 0.6 is 0 Å². The van der Waals surface area contributed by atoms with Gasteiger partial charge in [-0.05, 0) is 17.7 Å². The first kappa shape index (κ1) is 11.0. The van der Waals surface area contributed by atoms with Crippen molar-refractivity contribution in [1.82, 2.24) is 9.97 Å². The highest BCUT2D eigenvalue weighted by Gasteiger charge is 2.14. The molecule has 0 radical (unpaired) electrons. The number of nitrogen functional groups attached to an aromatic ring is 1. The van der Waals surface area contributed by atoms with Gasteiger partial charge >= 0.3 is 5.97 Å². The highest BCUT2D eigenvalue weighted by Crippen LogP contribution is 2.22. The van der Waals surface area contributed by atoms with Gasteiger partial charge in [-0.3, -0.25) is 0 Å². The van der Waals surface area contributed by atoms with Crippen molar-refractivity contribution in [1.29, 1.82) is 0 Å². The Morgan fingerprint density at radius 2 is 1.94 bits per heavy atom. The summed E-state index contributed by atoms with van der Waals surface area (Å²) >= 11 is 0. The van der Waals surface area contributed by atoms with Crippen LogP contribution in [0, 0.1) is 5.82 Å². The van der Waals surface area contributed by atoms with Gasteiger partial charge in [-0.15, -0.1) is 0 Å². The van der Waals surface area contributed by atoms with Gasteiger partial charge in [0.15, 0.2) is 5.69 Å². The standard InChI is InChI=1S/C11H8FN3O2/c12-7-3-1-6(2-4-7)8-5-14-11(13)15-9(8)10(16)17/h1-5H,(H,16,17)(H2,13,14,15). The van der Waals surface area contributed by atoms with Crippen LogP contribution in [0.25, 0.3) is 11.1 Å². The van der Waals surface area contributed by atoms with Gasteiger partial charge in [0.05, 0.1) is 0 Å². The molecule has 0 saturated carbocycles. The van der Waals surface area contributed by atoms with Gasteiger partial charge in [0.1, 0.15) is 5.82 Å². The number of nitrogens with two attached hydrogens (primary N) is 1. The smallest absolute Gasteiger partial charge is 0.355 e. The predicted octanol–water partition coefficient (Wildman–Crippen LogP) is 1.56. The van der Waals surface area contributed by atoms with E-state index in [0.717, 1.165) is 0 Å². The second kappa shape index (κ2) is 4.17. The first-order chi connectivity index (χ1) is 8.08. The normalized spacial score (nSPS) is 10.2. The second-order valence-electron chi connectivity index (χ2n) is 3.30. The fourth-order valence-electron chi connectivity index (χ4n) is 1.40. The molecule has 0 aliphatic rings. The molecule has 0 bridgehead atoms. The molecule has 0 spiro atoms. The van der Waals surface area contributed by atoms with E-state index in [1.807, 2.05) is 0 Å². The lowest BCUT2D eigenvalue weighted by atomic mass is 10.1. The average molecular weight is 233 g/mol. The molecule has 2 rings (SSSR count). The molecule has 1 aromatic carbocycles. The Morgan fingerprint density at radius 3 is 2.53 bits per heavy atom. The zero-order valence-corrected chi connectivity index (χ0v) is 8.59. The monoisotopic (exact) mass is 233 g/mol. The minimum Gasteiger partial charge on any atom is -0.476 e. The summed E-state index contributed by atoms with van der Waals surface area (Å²) in [4.78, 5) is 18.4. The molecule has 1 heterocycles. The van der Waals surface area contributed by atoms with Crippen LogP contribution in [-0.4, -0.2) is 21.0 Å². The number of carboxylic acid groups (broad SMARTS) is 1. The molecule has 6 heteroatoms. The van der Waals surface area contributed by atoms with Crippen LogP contribution in [-0.2, 0) is 0 Å². The topological polar surface area (TPSA) is 89.1 Å². The molecule has 86 valence electrons. The summed E-state index contributed by atoms with van der Waals surface area (Å²) in [7, 11) is 0. The van der Waals surface area contributed by atoms with Gasteiger partial charge in [0.2, 0.25) is 5.95 Å². The van der Waals surface area contributed by atoms with Crippen LogP contribution in [0.5, 0.6) is 0 Å². The van der Waals surface area contributed by atoms with Crippen molar-refractivity contribution in [3.8, 4) is 11.1 Å². The van der Waals surface area contributed by atoms with E-state index >= 15 is 0 Å². The highest BCUT2D eigenvalue weighted by molar-refractivity contribution is 5.93. The maximum atomic E-state index is 12.8. The van der Waals surface area contributed by atoms with Crippen molar-refractivity contribution in [2.75, 3.05) is 5.73 Å². The number of carbonyl (C=O) groups is 1. The molecule has 17 heavy (non-hydrogen) atoms. The largest absolute Gasteiger partial charge is 0.476 e. The zero-order chi connectivity index (χ0) is 12.4. The lowest BCUT2D eigenvalue weighted by molar-refractivity contribution is 0.0691. The van der Waals surface area contributed by atoms with E-state index < -0.39 is 11.8 Å². The number of halogens is 1. The molecule has 0 amide bonds. The number of carboxylic acids is 1. The van der Waals surface area contributed by atoms with E-state index in [1.54, 1.807) is 0 Å². The summed E-state index contributed by atoms with van der Waals surface area (Å²) in [6.45, 7) is 0. The molecular formula is C11H8FN3O2. The van der Waals surface area contributed by atoms with Crippen molar-refractivity contribution < 1.29 is 14.3 Å². The summed E-state index contributed by atoms with van der Waals surface area (Å²) in [5.41, 5.74) is 5.93. The molecule has 0 aliphatic carbocycles. The summed E-state index contributed by atoms with van der Waals surface area (Å²) in [5, 5.41) is 8.99. The molecule has 3 N–H and O–H groups in total. The van der Waals surface area contributed by atoms with E-state index in [0.29, 0.717) is 11.1 Å². The van der Waals surface area contributed by atoms with E-state index in [9.17, 15) is 9.18 Å². The van der Waals surface area contributed by atoms with Crippen molar-refractivity contribution in [2.24, 2.45) is 0 Å². The van der Waals surface area contributed by atoms with Gasteiger partial charge in [0.25, 0.3) is 0 Å². The lowest BCUT2D eigenvalue weighted by Crippen LogP contribution is -2.07. The third-order valence-electron chi connectivity index (χ3n) is 2.17. The predicted molar refractivity (Wildman–Crippen MR) is 58.8 cm³/mol. The summed E-state index contributed by atoms with van der Waals surface area (Å²) in [6, 6.07) is 5.38. The zero-order valence-electron chi connectivity index (χ0n) is 8.59. The van der Waals surface area contributed by atoms with Crippen molar-refractivity contribution in [3.63, 3.8) is 0 Å². The number of aromatic carboxylic acids is 1. The Bertz CT molecular complexity index is 569. The van der Waals surface area contributed by atoms with E-state index in [-0.39, 0.29) is 11.6 Å². The maximum absolute atomic E-state index is 12.8. The average Bonchev–Trinajstić information content (AvgIpc) is 2.30. The number of hydrogen-bond acceptors (Lipinski definition) is 4. The molecule has 5 nitrogen and oxygen atoms in total. The van der Waals surface area contributed by atoms with E-state index in [4.69, 9.17) is 10.8 Å². The number of rotatable bonds is 2. The van der Waals surface area contributed by atoms with Gasteiger partial charge in [-0.25, -0.2) is 19.2 Å². The summed E-state index contributed by atoms with van der Waals surface area (Å²) < 4.78 is 12.8. The van der Waals surface area contributed by atoms with Crippen LogP contribution in [0.3, 0.4) is 0 Å². The Balaban J connectivity index is 2.58. The third-order valence-corrected chi connectivity index (χ3v) is 2.17. The Morgan fingerprint density at radius 1 is 1.29 bits per heavy atom. The molecule has 0 unspecified atom stereocenters. The molecule has 0 aliphatic heterocycles. The van der Waals surface area contributed by atoms with Crippen LogP contribution in [0.1, 0.15) is 10.5 Å².